The largest absolute Gasteiger partial charge is 0.408 e. The molecule has 0 aromatic carbocycles. The van der Waals surface area contributed by atoms with Crippen molar-refractivity contribution in [3.8, 4) is 0 Å². The van der Waals surface area contributed by atoms with E-state index in [9.17, 15) is 0 Å². The highest BCUT2D eigenvalue weighted by molar-refractivity contribution is 6.69. The molecule has 0 atom stereocenters. The van der Waals surface area contributed by atoms with E-state index in [1.54, 1.807) is 0 Å². The summed E-state index contributed by atoms with van der Waals surface area (Å²) in [4.78, 5) is 0. The van der Waals surface area contributed by atoms with Crippen LogP contribution < -0.4 is 0 Å². The Morgan fingerprint density at radius 2 is 1.75 bits per heavy atom. The molecule has 0 aromatic heterocycles. The molecular weight excluding hydrogens is 212 g/mol. The Hall–Kier alpha value is -0.0831. The minimum atomic E-state index is -1.45. The summed E-state index contributed by atoms with van der Waals surface area (Å²) in [7, 11) is -1.45. The predicted octanol–water partition coefficient (Wildman–Crippen LogP) is 4.90. The van der Waals surface area contributed by atoms with E-state index in [0.29, 0.717) is 0 Å². The fraction of sp³-hybridized carbons (Fsp3) is 0.857. The molecule has 0 unspecified atom stereocenters. The summed E-state index contributed by atoms with van der Waals surface area (Å²) in [6.45, 7) is 11.4. The zero-order valence-electron chi connectivity index (χ0n) is 11.7. The van der Waals surface area contributed by atoms with Crippen molar-refractivity contribution >= 4 is 8.32 Å². The van der Waals surface area contributed by atoms with Crippen LogP contribution in [0.1, 0.15) is 52.4 Å². The van der Waals surface area contributed by atoms with Gasteiger partial charge in [-0.05, 0) is 51.4 Å². The van der Waals surface area contributed by atoms with E-state index in [2.05, 4.69) is 39.6 Å². The number of allylic oxidation sites excluding steroid dienone is 1. The van der Waals surface area contributed by atoms with E-state index < -0.39 is 8.32 Å². The molecule has 1 saturated carbocycles. The minimum absolute atomic E-state index is 0.0960. The van der Waals surface area contributed by atoms with Gasteiger partial charge in [-0.15, -0.1) is 0 Å². The van der Waals surface area contributed by atoms with Crippen LogP contribution in [0.15, 0.2) is 11.6 Å². The molecule has 1 aliphatic carbocycles. The second kappa shape index (κ2) is 5.50. The molecule has 0 radical (unpaired) electrons. The van der Waals surface area contributed by atoms with Crippen LogP contribution in [0, 0.1) is 0 Å². The normalized spacial score (nSPS) is 22.2. The lowest BCUT2D eigenvalue weighted by molar-refractivity contribution is 0.0579. The third-order valence-corrected chi connectivity index (χ3v) is 4.39. The van der Waals surface area contributed by atoms with Gasteiger partial charge in [-0.25, -0.2) is 0 Å². The Labute approximate surface area is 102 Å². The summed E-state index contributed by atoms with van der Waals surface area (Å²) in [5.41, 5.74) is 1.58. The number of hydrogen-bond donors (Lipinski definition) is 0. The zero-order chi connectivity index (χ0) is 12.2. The molecular formula is C14H28OSi. The molecule has 16 heavy (non-hydrogen) atoms. The van der Waals surface area contributed by atoms with Crippen molar-refractivity contribution in [1.82, 2.24) is 0 Å². The summed E-state index contributed by atoms with van der Waals surface area (Å²) >= 11 is 0. The number of hydrogen-bond acceptors (Lipinski definition) is 1. The topological polar surface area (TPSA) is 9.23 Å². The first-order valence-electron chi connectivity index (χ1n) is 6.77. The molecule has 0 aromatic rings. The second-order valence-electron chi connectivity index (χ2n) is 6.06. The van der Waals surface area contributed by atoms with Crippen molar-refractivity contribution in [1.29, 1.82) is 0 Å². The van der Waals surface area contributed by atoms with Crippen molar-refractivity contribution in [2.75, 3.05) is 0 Å². The molecule has 1 rings (SSSR count). The smallest absolute Gasteiger partial charge is 0.184 e. The van der Waals surface area contributed by atoms with Gasteiger partial charge in [-0.1, -0.05) is 32.3 Å². The fourth-order valence-electron chi connectivity index (χ4n) is 2.78. The zero-order valence-corrected chi connectivity index (χ0v) is 12.7. The molecule has 0 aliphatic heterocycles. The lowest BCUT2D eigenvalue weighted by atomic mass is 9.79. The van der Waals surface area contributed by atoms with E-state index in [-0.39, 0.29) is 5.60 Å². The van der Waals surface area contributed by atoms with Gasteiger partial charge in [0, 0.05) is 0 Å². The molecule has 1 nitrogen and oxygen atoms in total. The maximum atomic E-state index is 6.55. The van der Waals surface area contributed by atoms with Gasteiger partial charge in [0.05, 0.1) is 5.60 Å². The molecule has 0 heterocycles. The fourth-order valence-corrected chi connectivity index (χ4v) is 4.32. The summed E-state index contributed by atoms with van der Waals surface area (Å²) < 4.78 is 6.55. The van der Waals surface area contributed by atoms with Crippen LogP contribution in [0.4, 0.5) is 0 Å². The third kappa shape index (κ3) is 3.74. The van der Waals surface area contributed by atoms with Gasteiger partial charge in [0.25, 0.3) is 0 Å². The summed E-state index contributed by atoms with van der Waals surface area (Å²) in [6, 6.07) is 0. The van der Waals surface area contributed by atoms with Gasteiger partial charge >= 0.3 is 0 Å². The Morgan fingerprint density at radius 1 is 1.19 bits per heavy atom. The first-order chi connectivity index (χ1) is 7.40. The van der Waals surface area contributed by atoms with Crippen LogP contribution in [0.5, 0.6) is 0 Å². The van der Waals surface area contributed by atoms with Crippen molar-refractivity contribution in [3.05, 3.63) is 11.6 Å². The molecule has 1 fully saturated rings. The molecule has 94 valence electrons. The molecule has 2 heteroatoms. The van der Waals surface area contributed by atoms with Crippen LogP contribution in [0.2, 0.25) is 19.6 Å². The lowest BCUT2D eigenvalue weighted by Crippen LogP contribution is -2.45. The van der Waals surface area contributed by atoms with Gasteiger partial charge in [-0.2, -0.15) is 0 Å². The Balaban J connectivity index is 2.87. The van der Waals surface area contributed by atoms with Crippen molar-refractivity contribution in [2.24, 2.45) is 0 Å². The van der Waals surface area contributed by atoms with E-state index >= 15 is 0 Å². The van der Waals surface area contributed by atoms with Gasteiger partial charge in [0.15, 0.2) is 8.32 Å². The highest BCUT2D eigenvalue weighted by atomic mass is 28.4. The lowest BCUT2D eigenvalue weighted by Gasteiger charge is -2.43. The standard InChI is InChI=1S/C14H28OSi/c1-6-10-13(2)14(15-16(3,4)5)11-8-7-9-12-14/h10H,6-9,11-12H2,1-5H3/b13-10-. The predicted molar refractivity (Wildman–Crippen MR) is 74.3 cm³/mol. The Kier molecular flexibility index (Phi) is 4.81. The first-order valence-corrected chi connectivity index (χ1v) is 10.2. The van der Waals surface area contributed by atoms with Crippen LogP contribution in [-0.2, 0) is 4.43 Å². The van der Waals surface area contributed by atoms with Crippen LogP contribution in [0.3, 0.4) is 0 Å². The maximum Gasteiger partial charge on any atom is 0.184 e. The van der Waals surface area contributed by atoms with Crippen molar-refractivity contribution < 1.29 is 4.43 Å². The monoisotopic (exact) mass is 240 g/mol. The average Bonchev–Trinajstić information content (AvgIpc) is 2.17. The average molecular weight is 240 g/mol. The quantitative estimate of drug-likeness (QED) is 0.502. The maximum absolute atomic E-state index is 6.55. The SMILES string of the molecule is CC/C=C(/C)C1(O[Si](C)(C)C)CCCCC1. The van der Waals surface area contributed by atoms with Gasteiger partial charge in [0.1, 0.15) is 0 Å². The van der Waals surface area contributed by atoms with E-state index in [0.717, 1.165) is 6.42 Å². The van der Waals surface area contributed by atoms with E-state index in [1.165, 1.54) is 37.7 Å². The Bertz CT molecular complexity index is 244. The van der Waals surface area contributed by atoms with Gasteiger partial charge in [0.2, 0.25) is 0 Å². The summed E-state index contributed by atoms with van der Waals surface area (Å²) in [6.07, 6.45) is 10.0. The molecule has 0 N–H and O–H groups in total. The van der Waals surface area contributed by atoms with Crippen LogP contribution >= 0.6 is 0 Å². The first kappa shape index (κ1) is 14.0. The molecule has 0 saturated heterocycles. The van der Waals surface area contributed by atoms with Gasteiger partial charge in [-0.3, -0.25) is 0 Å². The van der Waals surface area contributed by atoms with Crippen LogP contribution in [-0.4, -0.2) is 13.9 Å². The summed E-state index contributed by atoms with van der Waals surface area (Å²) in [5, 5.41) is 0. The van der Waals surface area contributed by atoms with Crippen molar-refractivity contribution in [2.45, 2.75) is 77.6 Å². The molecule has 1 aliphatic rings. The van der Waals surface area contributed by atoms with E-state index in [4.69, 9.17) is 4.43 Å². The van der Waals surface area contributed by atoms with Crippen LogP contribution in [0.25, 0.3) is 0 Å². The highest BCUT2D eigenvalue weighted by Crippen LogP contribution is 2.39. The molecule has 0 bridgehead atoms. The Morgan fingerprint density at radius 3 is 2.19 bits per heavy atom. The van der Waals surface area contributed by atoms with Crippen molar-refractivity contribution in [3.63, 3.8) is 0 Å². The minimum Gasteiger partial charge on any atom is -0.408 e. The third-order valence-electron chi connectivity index (χ3n) is 3.39. The molecule has 0 amide bonds. The summed E-state index contributed by atoms with van der Waals surface area (Å²) in [5.74, 6) is 0. The van der Waals surface area contributed by atoms with E-state index in [1.807, 2.05) is 0 Å². The molecule has 0 spiro atoms. The van der Waals surface area contributed by atoms with Gasteiger partial charge < -0.3 is 4.43 Å². The second-order valence-corrected chi connectivity index (χ2v) is 10.5. The highest BCUT2D eigenvalue weighted by Gasteiger charge is 2.38. The number of rotatable bonds is 4.